The lowest BCUT2D eigenvalue weighted by Gasteiger charge is -2.22. The zero-order chi connectivity index (χ0) is 29.9. The van der Waals surface area contributed by atoms with Crippen molar-refractivity contribution in [1.82, 2.24) is 24.6 Å². The normalized spacial score (nSPS) is 18.4. The van der Waals surface area contributed by atoms with Crippen LogP contribution in [0.25, 0.3) is 11.4 Å². The lowest BCUT2D eigenvalue weighted by atomic mass is 9.89. The minimum atomic E-state index is -3.49. The number of primary amides is 1. The number of fused-ring (bicyclic) bond motifs is 3. The van der Waals surface area contributed by atoms with Crippen LogP contribution in [-0.2, 0) is 19.9 Å². The van der Waals surface area contributed by atoms with Gasteiger partial charge in [-0.25, -0.2) is 9.97 Å². The summed E-state index contributed by atoms with van der Waals surface area (Å²) in [6.45, 7) is 3.64. The second kappa shape index (κ2) is 12.6. The summed E-state index contributed by atoms with van der Waals surface area (Å²) in [6, 6.07) is 5.39. The van der Waals surface area contributed by atoms with E-state index in [9.17, 15) is 13.6 Å². The van der Waals surface area contributed by atoms with Crippen LogP contribution in [0, 0.1) is 0 Å². The quantitative estimate of drug-likeness (QED) is 0.344. The van der Waals surface area contributed by atoms with E-state index in [1.165, 1.54) is 13.0 Å². The molecule has 1 unspecified atom stereocenters. The van der Waals surface area contributed by atoms with Gasteiger partial charge in [-0.15, -0.1) is 0 Å². The maximum Gasteiger partial charge on any atom is 0.419 e. The van der Waals surface area contributed by atoms with Gasteiger partial charge in [0.15, 0.2) is 5.69 Å². The summed E-state index contributed by atoms with van der Waals surface area (Å²) in [6.07, 6.45) is 7.72. The number of halogens is 2. The molecule has 11 heteroatoms. The van der Waals surface area contributed by atoms with Gasteiger partial charge in [0.1, 0.15) is 5.75 Å². The number of carbonyl (C=O) groups excluding carboxylic acids is 1. The summed E-state index contributed by atoms with van der Waals surface area (Å²) >= 11 is 0. The fourth-order valence-electron chi connectivity index (χ4n) is 6.06. The molecule has 0 spiro atoms. The molecule has 0 radical (unpaired) electrons. The zero-order valence-electron chi connectivity index (χ0n) is 24.5. The van der Waals surface area contributed by atoms with Gasteiger partial charge < -0.3 is 20.7 Å². The van der Waals surface area contributed by atoms with Gasteiger partial charge in [-0.1, -0.05) is 18.6 Å². The van der Waals surface area contributed by atoms with Crippen molar-refractivity contribution in [1.29, 1.82) is 0 Å². The van der Waals surface area contributed by atoms with E-state index >= 15 is 0 Å². The third kappa shape index (κ3) is 6.61. The predicted octanol–water partition coefficient (Wildman–Crippen LogP) is 5.74. The highest BCUT2D eigenvalue weighted by Gasteiger charge is 2.30. The van der Waals surface area contributed by atoms with Gasteiger partial charge >= 0.3 is 6.11 Å². The number of aryl methyl sites for hydroxylation is 2. The molecule has 2 aromatic heterocycles. The molecule has 1 atom stereocenters. The molecular formula is C31H39F2N7O2. The Morgan fingerprint density at radius 2 is 1.93 bits per heavy atom. The summed E-state index contributed by atoms with van der Waals surface area (Å²) in [5, 5.41) is 7.54. The number of ether oxygens (including phenoxy) is 1. The van der Waals surface area contributed by atoms with Crippen LogP contribution in [0.1, 0.15) is 78.5 Å². The van der Waals surface area contributed by atoms with Crippen LogP contribution < -0.4 is 15.8 Å². The van der Waals surface area contributed by atoms with Crippen molar-refractivity contribution in [3.8, 4) is 17.1 Å². The van der Waals surface area contributed by atoms with Crippen molar-refractivity contribution in [2.45, 2.75) is 70.3 Å². The van der Waals surface area contributed by atoms with Gasteiger partial charge in [0.2, 0.25) is 5.95 Å². The fraction of sp³-hybridized carbons (Fsp3) is 0.484. The maximum atomic E-state index is 14.6. The van der Waals surface area contributed by atoms with E-state index in [0.717, 1.165) is 80.8 Å². The molecule has 224 valence electrons. The highest BCUT2D eigenvalue weighted by Crippen LogP contribution is 2.38. The SMILES string of the molecule is C/C=C/C(F)(F)Oc1ccc(C2CCCCN(C)CCC2)cc1Nc1ncc2c(n1)-c1c(c(C(N)=O)nn1C)CCC2. The molecule has 1 fully saturated rings. The van der Waals surface area contributed by atoms with Crippen molar-refractivity contribution < 1.29 is 18.3 Å². The number of nitrogens with one attached hydrogen (secondary N) is 1. The summed E-state index contributed by atoms with van der Waals surface area (Å²) in [4.78, 5) is 23.8. The van der Waals surface area contributed by atoms with Crippen LogP contribution in [0.15, 0.2) is 36.5 Å². The number of nitrogens with zero attached hydrogens (tertiary/aromatic N) is 5. The minimum absolute atomic E-state index is 0.000398. The van der Waals surface area contributed by atoms with Crippen molar-refractivity contribution in [2.24, 2.45) is 12.8 Å². The number of carbonyl (C=O) groups is 1. The Labute approximate surface area is 245 Å². The summed E-state index contributed by atoms with van der Waals surface area (Å²) in [5.41, 5.74) is 10.3. The van der Waals surface area contributed by atoms with Gasteiger partial charge in [0.25, 0.3) is 5.91 Å². The number of aromatic nitrogens is 4. The fourth-order valence-corrected chi connectivity index (χ4v) is 6.06. The topological polar surface area (TPSA) is 111 Å². The second-order valence-corrected chi connectivity index (χ2v) is 11.3. The van der Waals surface area contributed by atoms with Crippen LogP contribution in [0.5, 0.6) is 5.75 Å². The number of amides is 1. The Bertz CT molecular complexity index is 1470. The average molecular weight is 580 g/mol. The van der Waals surface area contributed by atoms with Crippen molar-refractivity contribution >= 4 is 17.5 Å². The second-order valence-electron chi connectivity index (χ2n) is 11.3. The smallest absolute Gasteiger partial charge is 0.419 e. The van der Waals surface area contributed by atoms with E-state index in [0.29, 0.717) is 29.4 Å². The minimum Gasteiger partial charge on any atom is -0.427 e. The lowest BCUT2D eigenvalue weighted by Crippen LogP contribution is -2.22. The monoisotopic (exact) mass is 579 g/mol. The Morgan fingerprint density at radius 1 is 1.14 bits per heavy atom. The van der Waals surface area contributed by atoms with E-state index in [2.05, 4.69) is 27.3 Å². The molecule has 3 heterocycles. The summed E-state index contributed by atoms with van der Waals surface area (Å²) in [7, 11) is 3.91. The van der Waals surface area contributed by atoms with E-state index in [1.807, 2.05) is 12.1 Å². The van der Waals surface area contributed by atoms with Crippen LogP contribution in [0.3, 0.4) is 0 Å². The highest BCUT2D eigenvalue weighted by molar-refractivity contribution is 5.94. The van der Waals surface area contributed by atoms with Crippen molar-refractivity contribution in [3.05, 3.63) is 58.9 Å². The number of hydrogen-bond acceptors (Lipinski definition) is 7. The molecule has 42 heavy (non-hydrogen) atoms. The molecule has 1 aliphatic heterocycles. The molecule has 1 amide bonds. The van der Waals surface area contributed by atoms with Gasteiger partial charge in [-0.2, -0.15) is 13.9 Å². The molecule has 3 N–H and O–H groups in total. The first-order chi connectivity index (χ1) is 20.1. The van der Waals surface area contributed by atoms with Crippen molar-refractivity contribution in [3.63, 3.8) is 0 Å². The Kier molecular flexibility index (Phi) is 8.86. The van der Waals surface area contributed by atoms with E-state index in [-0.39, 0.29) is 17.4 Å². The maximum absolute atomic E-state index is 14.6. The van der Waals surface area contributed by atoms with E-state index in [1.54, 1.807) is 24.0 Å². The molecule has 1 aromatic carbocycles. The molecule has 5 rings (SSSR count). The molecule has 1 saturated heterocycles. The standard InChI is InChI=1S/C31H39F2N7O2/c1-4-15-31(32,33)42-25-14-13-21(20-9-5-6-16-39(2)17-8-11-20)18-24(25)36-30-35-19-22-10-7-12-23-27(29(34)41)38-40(3)28(23)26(22)37-30/h4,13-15,18-20H,5-12,16-17H2,1-3H3,(H2,34,41)(H,35,36,37)/b15-4+. The van der Waals surface area contributed by atoms with Gasteiger partial charge in [-0.05, 0) is 101 Å². The van der Waals surface area contributed by atoms with E-state index < -0.39 is 12.0 Å². The van der Waals surface area contributed by atoms with Gasteiger partial charge in [0.05, 0.1) is 17.1 Å². The molecular weight excluding hydrogens is 540 g/mol. The molecule has 0 bridgehead atoms. The average Bonchev–Trinajstić information content (AvgIpc) is 3.21. The number of benzene rings is 1. The molecule has 0 saturated carbocycles. The number of hydrogen-bond donors (Lipinski definition) is 2. The highest BCUT2D eigenvalue weighted by atomic mass is 19.3. The lowest BCUT2D eigenvalue weighted by molar-refractivity contribution is -0.131. The van der Waals surface area contributed by atoms with Crippen molar-refractivity contribution in [2.75, 3.05) is 25.5 Å². The molecule has 2 aliphatic rings. The number of nitrogens with two attached hydrogens (primary N) is 1. The third-order valence-electron chi connectivity index (χ3n) is 8.10. The van der Waals surface area contributed by atoms with Crippen LogP contribution >= 0.6 is 0 Å². The number of anilines is 2. The Balaban J connectivity index is 1.52. The summed E-state index contributed by atoms with van der Waals surface area (Å²) < 4.78 is 36.0. The van der Waals surface area contributed by atoms with Gasteiger partial charge in [0, 0.05) is 24.9 Å². The van der Waals surface area contributed by atoms with Crippen LogP contribution in [-0.4, -0.2) is 56.8 Å². The molecule has 9 nitrogen and oxygen atoms in total. The zero-order valence-corrected chi connectivity index (χ0v) is 24.5. The Hall–Kier alpha value is -3.86. The van der Waals surface area contributed by atoms with E-state index in [4.69, 9.17) is 15.5 Å². The largest absolute Gasteiger partial charge is 0.427 e. The van der Waals surface area contributed by atoms with Crippen LogP contribution in [0.2, 0.25) is 0 Å². The first-order valence-electron chi connectivity index (χ1n) is 14.7. The van der Waals surface area contributed by atoms with Gasteiger partial charge in [-0.3, -0.25) is 9.48 Å². The van der Waals surface area contributed by atoms with Crippen LogP contribution in [0.4, 0.5) is 20.4 Å². The number of rotatable bonds is 7. The summed E-state index contributed by atoms with van der Waals surface area (Å²) in [5.74, 6) is -0.0458. The number of allylic oxidation sites excluding steroid dienone is 1. The third-order valence-corrected chi connectivity index (χ3v) is 8.10. The molecule has 1 aliphatic carbocycles. The number of alkyl halides is 2. The first kappa shape index (κ1) is 29.6. The Morgan fingerprint density at radius 3 is 2.71 bits per heavy atom. The first-order valence-corrected chi connectivity index (χ1v) is 14.7. The predicted molar refractivity (Wildman–Crippen MR) is 158 cm³/mol. The molecule has 3 aromatic rings.